The highest BCUT2D eigenvalue weighted by atomic mass is 16.5. The molecule has 0 aliphatic carbocycles. The molecule has 0 saturated heterocycles. The number of carboxylic acid groups (broad SMARTS) is 1. The first-order valence-corrected chi connectivity index (χ1v) is 18.3. The van der Waals surface area contributed by atoms with E-state index >= 15 is 0 Å². The molecule has 0 spiro atoms. The van der Waals surface area contributed by atoms with Gasteiger partial charge in [0.2, 0.25) is 11.8 Å². The molecule has 0 bridgehead atoms. The highest BCUT2D eigenvalue weighted by molar-refractivity contribution is 6.10. The van der Waals surface area contributed by atoms with Gasteiger partial charge in [0.25, 0.3) is 17.7 Å². The van der Waals surface area contributed by atoms with E-state index in [9.17, 15) is 54.5 Å². The van der Waals surface area contributed by atoms with Gasteiger partial charge in [0.15, 0.2) is 23.0 Å². The molecule has 0 heterocycles. The molecule has 0 aromatic heterocycles. The number of carbonyl (C=O) groups excluding carboxylic acids is 5. The molecule has 62 heavy (non-hydrogen) atoms. The van der Waals surface area contributed by atoms with Crippen molar-refractivity contribution in [2.75, 3.05) is 35.5 Å². The monoisotopic (exact) mass is 842 g/mol. The summed E-state index contributed by atoms with van der Waals surface area (Å²) in [6.07, 6.45) is 1.02. The zero-order valence-electron chi connectivity index (χ0n) is 33.1. The third kappa shape index (κ3) is 10.6. The molecule has 5 aromatic carbocycles. The lowest BCUT2D eigenvalue weighted by Crippen LogP contribution is -2.43. The van der Waals surface area contributed by atoms with Crippen molar-refractivity contribution >= 4 is 63.8 Å². The molecule has 5 rings (SSSR count). The summed E-state index contributed by atoms with van der Waals surface area (Å²) in [7, 11) is 2.35. The highest BCUT2D eigenvalue weighted by Crippen LogP contribution is 2.40. The van der Waals surface area contributed by atoms with Crippen molar-refractivity contribution < 1.29 is 58.7 Å². The van der Waals surface area contributed by atoms with Crippen molar-refractivity contribution in [3.05, 3.63) is 131 Å². The van der Waals surface area contributed by atoms with Gasteiger partial charge in [-0.1, -0.05) is 12.1 Å². The number of carbonyl (C=O) groups is 6. The molecule has 0 aliphatic rings. The van der Waals surface area contributed by atoms with E-state index in [4.69, 9.17) is 9.47 Å². The average Bonchev–Trinajstić information content (AvgIpc) is 3.24. The van der Waals surface area contributed by atoms with Crippen LogP contribution in [0.15, 0.2) is 103 Å². The Morgan fingerprint density at radius 2 is 1.11 bits per heavy atom. The molecular weight excluding hydrogens is 805 g/mol. The summed E-state index contributed by atoms with van der Waals surface area (Å²) in [6, 6.07) is 23.1. The van der Waals surface area contributed by atoms with Gasteiger partial charge < -0.3 is 56.5 Å². The van der Waals surface area contributed by atoms with Crippen LogP contribution < -0.4 is 36.1 Å². The van der Waals surface area contributed by atoms with Crippen molar-refractivity contribution in [3.63, 3.8) is 0 Å². The first kappa shape index (κ1) is 44.3. The average molecular weight is 843 g/mol. The number of benzene rings is 5. The molecule has 316 valence electrons. The summed E-state index contributed by atoms with van der Waals surface area (Å²) in [5.74, 6) is -6.65. The number of carboxylic acids is 1. The third-order valence-electron chi connectivity index (χ3n) is 9.06. The Labute approximate surface area is 353 Å². The fourth-order valence-corrected chi connectivity index (χ4v) is 5.86. The van der Waals surface area contributed by atoms with Crippen molar-refractivity contribution in [2.45, 2.75) is 19.4 Å². The van der Waals surface area contributed by atoms with Gasteiger partial charge in [-0.3, -0.25) is 24.0 Å². The number of aromatic carboxylic acids is 1. The Kier molecular flexibility index (Phi) is 14.1. The topological polar surface area (TPSA) is 286 Å². The molecule has 5 amide bonds. The summed E-state index contributed by atoms with van der Waals surface area (Å²) in [5, 5.41) is 62.1. The maximum absolute atomic E-state index is 13.2. The van der Waals surface area contributed by atoms with Crippen molar-refractivity contribution in [1.29, 1.82) is 5.26 Å². The minimum Gasteiger partial charge on any atom is -0.508 e. The Balaban J connectivity index is 1.18. The number of nitriles is 1. The summed E-state index contributed by atoms with van der Waals surface area (Å²) in [6.45, 7) is 1.74. The van der Waals surface area contributed by atoms with E-state index in [-0.39, 0.29) is 57.4 Å². The van der Waals surface area contributed by atoms with Crippen LogP contribution in [-0.2, 0) is 9.59 Å². The molecule has 18 nitrogen and oxygen atoms in total. The maximum Gasteiger partial charge on any atom is 0.339 e. The number of anilines is 4. The minimum absolute atomic E-state index is 0.0198. The summed E-state index contributed by atoms with van der Waals surface area (Å²) in [5.41, 5.74) is 1.40. The number of ether oxygens (including phenoxy) is 2. The fourth-order valence-electron chi connectivity index (χ4n) is 5.86. The van der Waals surface area contributed by atoms with E-state index in [0.717, 1.165) is 18.7 Å². The second kappa shape index (κ2) is 19.7. The van der Waals surface area contributed by atoms with E-state index < -0.39 is 58.6 Å². The second-order valence-electron chi connectivity index (χ2n) is 13.2. The van der Waals surface area contributed by atoms with Crippen molar-refractivity contribution in [2.24, 2.45) is 0 Å². The molecule has 0 aliphatic heterocycles. The number of nitrogens with one attached hydrogen (secondary N) is 5. The lowest BCUT2D eigenvalue weighted by molar-refractivity contribution is -0.118. The second-order valence-corrected chi connectivity index (χ2v) is 13.2. The zero-order chi connectivity index (χ0) is 45.1. The summed E-state index contributed by atoms with van der Waals surface area (Å²) >= 11 is 0. The number of nitrogens with zero attached hydrogens (tertiary/aromatic N) is 1. The van der Waals surface area contributed by atoms with Gasteiger partial charge in [0, 0.05) is 28.6 Å². The fraction of sp³-hybridized carbons (Fsp3) is 0.114. The number of phenols is 3. The number of aromatic hydroxyl groups is 3. The maximum atomic E-state index is 13.2. The number of methoxy groups -OCH3 is 2. The molecule has 0 unspecified atom stereocenters. The van der Waals surface area contributed by atoms with Crippen molar-refractivity contribution in [3.8, 4) is 34.8 Å². The van der Waals surface area contributed by atoms with E-state index in [1.165, 1.54) is 92.0 Å². The first-order valence-electron chi connectivity index (χ1n) is 18.3. The molecule has 1 atom stereocenters. The highest BCUT2D eigenvalue weighted by Gasteiger charge is 2.25. The van der Waals surface area contributed by atoms with Crippen LogP contribution in [0.5, 0.6) is 28.7 Å². The quantitative estimate of drug-likeness (QED) is 0.0571. The molecule has 5 aromatic rings. The van der Waals surface area contributed by atoms with Gasteiger partial charge in [0.05, 0.1) is 43.6 Å². The van der Waals surface area contributed by atoms with Gasteiger partial charge in [-0.25, -0.2) is 4.79 Å². The molecule has 9 N–H and O–H groups in total. The predicted octanol–water partition coefficient (Wildman–Crippen LogP) is 5.72. The molecule has 18 heteroatoms. The molecular formula is C44H38N6O12. The van der Waals surface area contributed by atoms with Crippen molar-refractivity contribution in [1.82, 2.24) is 5.32 Å². The number of rotatable bonds is 15. The normalized spacial score (nSPS) is 11.2. The van der Waals surface area contributed by atoms with Crippen LogP contribution in [0.2, 0.25) is 0 Å². The smallest absolute Gasteiger partial charge is 0.339 e. The molecule has 0 fully saturated rings. The lowest BCUT2D eigenvalue weighted by Gasteiger charge is -2.17. The number of allylic oxidation sites excluding steroid dienone is 1. The zero-order valence-corrected chi connectivity index (χ0v) is 33.1. The largest absolute Gasteiger partial charge is 0.508 e. The van der Waals surface area contributed by atoms with Crippen LogP contribution in [-0.4, -0.2) is 76.2 Å². The SMILES string of the molecule is COc1c(NC(=O)c2ccc(NC(=O)c3ccc(NC(=O)[C@H](CC#N)NC(=O)c4ccc(NC(=O)/C=C(\C)c5ccc(O)cc5)cc4)cc3)c(OC)c2O)ccc(C(=O)O)c1O. The Morgan fingerprint density at radius 1 is 0.629 bits per heavy atom. The van der Waals surface area contributed by atoms with Gasteiger partial charge in [-0.2, -0.15) is 5.26 Å². The lowest BCUT2D eigenvalue weighted by atomic mass is 10.1. The number of hydrogen-bond acceptors (Lipinski definition) is 12. The van der Waals surface area contributed by atoms with E-state index in [2.05, 4.69) is 26.6 Å². The summed E-state index contributed by atoms with van der Waals surface area (Å²) in [4.78, 5) is 76.4. The van der Waals surface area contributed by atoms with Gasteiger partial charge in [-0.05, 0) is 103 Å². The Hall–Kier alpha value is -8.85. The van der Waals surface area contributed by atoms with E-state index in [0.29, 0.717) is 11.3 Å². The van der Waals surface area contributed by atoms with Crippen LogP contribution in [0.4, 0.5) is 22.7 Å². The number of phenolic OH excluding ortho intramolecular Hbond substituents is 2. The van der Waals surface area contributed by atoms with E-state index in [1.807, 2.05) is 6.07 Å². The number of hydrogen-bond donors (Lipinski definition) is 9. The third-order valence-corrected chi connectivity index (χ3v) is 9.06. The first-order chi connectivity index (χ1) is 29.6. The predicted molar refractivity (Wildman–Crippen MR) is 226 cm³/mol. The van der Waals surface area contributed by atoms with Crippen LogP contribution in [0.3, 0.4) is 0 Å². The van der Waals surface area contributed by atoms with Crippen LogP contribution in [0.1, 0.15) is 60.3 Å². The Bertz CT molecular complexity index is 2620. The van der Waals surface area contributed by atoms with Gasteiger partial charge >= 0.3 is 5.97 Å². The number of amides is 5. The van der Waals surface area contributed by atoms with Gasteiger partial charge in [-0.15, -0.1) is 0 Å². The Morgan fingerprint density at radius 3 is 1.65 bits per heavy atom. The molecule has 0 saturated carbocycles. The minimum atomic E-state index is -1.43. The van der Waals surface area contributed by atoms with Crippen LogP contribution in [0.25, 0.3) is 5.57 Å². The van der Waals surface area contributed by atoms with E-state index in [1.54, 1.807) is 19.1 Å². The standard InChI is InChI=1S/C44H38N6O12/c1-23(24-8-14-29(51)15-9-24)22-35(52)46-27-10-4-26(5-11-27)41(56)50-34(20-21-45)43(58)47-28-12-6-25(7-13-28)40(55)48-32-18-16-30(36(53)38(32)61-2)42(57)49-33-19-17-31(44(59)60)37(54)39(33)62-3/h4-19,22,34,51,53-54H,20H2,1-3H3,(H,46,52)(H,47,58)(H,48,55)(H,49,57)(H,50,56)(H,59,60)/b23-22+/t34-/m0/s1. The molecule has 0 radical (unpaired) electrons. The van der Waals surface area contributed by atoms with Gasteiger partial charge in [0.1, 0.15) is 17.4 Å². The van der Waals surface area contributed by atoms with Crippen LogP contribution in [0, 0.1) is 11.3 Å². The van der Waals surface area contributed by atoms with Crippen LogP contribution >= 0.6 is 0 Å². The summed E-state index contributed by atoms with van der Waals surface area (Å²) < 4.78 is 10.3.